The van der Waals surface area contributed by atoms with Gasteiger partial charge in [0.2, 0.25) is 0 Å². The van der Waals surface area contributed by atoms with Crippen LogP contribution in [-0.2, 0) is 6.54 Å². The number of aliphatic hydroxyl groups is 1. The van der Waals surface area contributed by atoms with E-state index in [-0.39, 0.29) is 5.54 Å². The second kappa shape index (κ2) is 9.37. The third-order valence-electron chi connectivity index (χ3n) is 5.07. The fourth-order valence-electron chi connectivity index (χ4n) is 3.32. The van der Waals surface area contributed by atoms with Crippen molar-refractivity contribution in [2.75, 3.05) is 31.1 Å². The van der Waals surface area contributed by atoms with Crippen LogP contribution < -0.4 is 10.2 Å². The van der Waals surface area contributed by atoms with E-state index in [0.717, 1.165) is 38.3 Å². The third-order valence-corrected chi connectivity index (χ3v) is 5.07. The molecule has 0 aromatic heterocycles. The number of hydrogen-bond acceptors (Lipinski definition) is 4. The van der Waals surface area contributed by atoms with Gasteiger partial charge in [0.15, 0.2) is 0 Å². The van der Waals surface area contributed by atoms with E-state index in [4.69, 9.17) is 0 Å². The van der Waals surface area contributed by atoms with Gasteiger partial charge in [0, 0.05) is 44.0 Å². The van der Waals surface area contributed by atoms with Crippen LogP contribution in [0.25, 0.3) is 6.08 Å². The Morgan fingerprint density at radius 1 is 0.964 bits per heavy atom. The predicted molar refractivity (Wildman–Crippen MR) is 118 cm³/mol. The molecular weight excluding hydrogens is 346 g/mol. The molecule has 1 fully saturated rings. The van der Waals surface area contributed by atoms with E-state index < -0.39 is 6.23 Å². The van der Waals surface area contributed by atoms with Gasteiger partial charge in [0.1, 0.15) is 6.23 Å². The van der Waals surface area contributed by atoms with Crippen LogP contribution >= 0.6 is 0 Å². The first kappa shape index (κ1) is 20.6. The van der Waals surface area contributed by atoms with E-state index in [9.17, 15) is 5.11 Å². The van der Waals surface area contributed by atoms with Gasteiger partial charge >= 0.3 is 0 Å². The first-order valence-electron chi connectivity index (χ1n) is 10.1. The Bertz CT molecular complexity index is 742. The highest BCUT2D eigenvalue weighted by Crippen LogP contribution is 2.17. The van der Waals surface area contributed by atoms with Crippen molar-refractivity contribution < 1.29 is 5.11 Å². The summed E-state index contributed by atoms with van der Waals surface area (Å²) in [6.45, 7) is 11.0. The molecular formula is C24H33N3O. The lowest BCUT2D eigenvalue weighted by Crippen LogP contribution is -2.49. The summed E-state index contributed by atoms with van der Waals surface area (Å²) in [5.41, 5.74) is 3.76. The molecule has 4 nitrogen and oxygen atoms in total. The molecule has 0 aliphatic carbocycles. The summed E-state index contributed by atoms with van der Waals surface area (Å²) in [5, 5.41) is 14.0. The van der Waals surface area contributed by atoms with Crippen molar-refractivity contribution in [2.45, 2.75) is 39.1 Å². The van der Waals surface area contributed by atoms with Crippen LogP contribution in [0, 0.1) is 0 Å². The number of aliphatic hydroxyl groups excluding tert-OH is 1. The minimum Gasteiger partial charge on any atom is -0.375 e. The Balaban J connectivity index is 1.48. The first-order valence-corrected chi connectivity index (χ1v) is 10.1. The first-order chi connectivity index (χ1) is 13.4. The van der Waals surface area contributed by atoms with Crippen LogP contribution in [-0.4, -0.2) is 48.0 Å². The molecule has 0 spiro atoms. The molecule has 3 rings (SSSR count). The van der Waals surface area contributed by atoms with E-state index in [1.807, 2.05) is 18.2 Å². The molecule has 4 heteroatoms. The molecule has 2 N–H and O–H groups in total. The van der Waals surface area contributed by atoms with E-state index >= 15 is 0 Å². The molecule has 2 aromatic carbocycles. The summed E-state index contributed by atoms with van der Waals surface area (Å²) in [6, 6.07) is 19.0. The molecule has 1 saturated heterocycles. The standard InChI is InChI=1S/C24H33N3O/c1-24(2,3)25-19-21-11-9-20(10-12-21)13-14-23(28)27-17-15-26(16-18-27)22-7-5-4-6-8-22/h4-14,23,25,28H,15-19H2,1-3H3/b14-13+. The second-order valence-corrected chi connectivity index (χ2v) is 8.48. The monoisotopic (exact) mass is 379 g/mol. The number of anilines is 1. The fraction of sp³-hybridized carbons (Fsp3) is 0.417. The van der Waals surface area contributed by atoms with Crippen LogP contribution in [0.4, 0.5) is 5.69 Å². The maximum absolute atomic E-state index is 10.5. The molecule has 1 aliphatic heterocycles. The van der Waals surface area contributed by atoms with Crippen molar-refractivity contribution in [3.8, 4) is 0 Å². The number of piperazine rings is 1. The van der Waals surface area contributed by atoms with E-state index in [1.54, 1.807) is 0 Å². The number of para-hydroxylation sites is 1. The van der Waals surface area contributed by atoms with Crippen molar-refractivity contribution in [1.29, 1.82) is 0 Å². The Morgan fingerprint density at radius 3 is 2.21 bits per heavy atom. The zero-order valence-corrected chi connectivity index (χ0v) is 17.3. The molecule has 0 amide bonds. The predicted octanol–water partition coefficient (Wildman–Crippen LogP) is 3.73. The molecule has 1 aliphatic rings. The van der Waals surface area contributed by atoms with Crippen molar-refractivity contribution in [3.63, 3.8) is 0 Å². The summed E-state index contributed by atoms with van der Waals surface area (Å²) in [6.07, 6.45) is 3.36. The number of benzene rings is 2. The van der Waals surface area contributed by atoms with Gasteiger partial charge in [-0.15, -0.1) is 0 Å². The highest BCUT2D eigenvalue weighted by molar-refractivity contribution is 5.50. The number of nitrogens with zero attached hydrogens (tertiary/aromatic N) is 2. The quantitative estimate of drug-likeness (QED) is 0.802. The van der Waals surface area contributed by atoms with E-state index in [0.29, 0.717) is 0 Å². The van der Waals surface area contributed by atoms with Crippen LogP contribution in [0.2, 0.25) is 0 Å². The molecule has 1 atom stereocenters. The maximum atomic E-state index is 10.5. The average Bonchev–Trinajstić information content (AvgIpc) is 2.71. The Kier molecular flexibility index (Phi) is 6.89. The molecule has 2 aromatic rings. The van der Waals surface area contributed by atoms with Crippen molar-refractivity contribution in [2.24, 2.45) is 0 Å². The van der Waals surface area contributed by atoms with Crippen LogP contribution in [0.3, 0.4) is 0 Å². The Hall–Kier alpha value is -2.14. The summed E-state index contributed by atoms with van der Waals surface area (Å²) < 4.78 is 0. The molecule has 0 bridgehead atoms. The van der Waals surface area contributed by atoms with Crippen LogP contribution in [0.1, 0.15) is 31.9 Å². The van der Waals surface area contributed by atoms with Gasteiger partial charge < -0.3 is 15.3 Å². The summed E-state index contributed by atoms with van der Waals surface area (Å²) >= 11 is 0. The molecule has 0 saturated carbocycles. The van der Waals surface area contributed by atoms with Crippen LogP contribution in [0.15, 0.2) is 60.7 Å². The maximum Gasteiger partial charge on any atom is 0.127 e. The SMILES string of the molecule is CC(C)(C)NCc1ccc(/C=C/C(O)N2CCN(c3ccccc3)CC2)cc1. The lowest BCUT2D eigenvalue weighted by atomic mass is 10.1. The fourth-order valence-corrected chi connectivity index (χ4v) is 3.32. The molecule has 0 radical (unpaired) electrons. The van der Waals surface area contributed by atoms with Crippen LogP contribution in [0.5, 0.6) is 0 Å². The normalized spacial score (nSPS) is 17.2. The van der Waals surface area contributed by atoms with E-state index in [1.165, 1.54) is 11.3 Å². The zero-order valence-electron chi connectivity index (χ0n) is 17.3. The van der Waals surface area contributed by atoms with Crippen molar-refractivity contribution >= 4 is 11.8 Å². The molecule has 150 valence electrons. The smallest absolute Gasteiger partial charge is 0.127 e. The Labute approximate surface area is 169 Å². The molecule has 1 unspecified atom stereocenters. The highest BCUT2D eigenvalue weighted by atomic mass is 16.3. The number of rotatable bonds is 6. The van der Waals surface area contributed by atoms with Gasteiger partial charge in [0.25, 0.3) is 0 Å². The average molecular weight is 380 g/mol. The molecule has 28 heavy (non-hydrogen) atoms. The van der Waals surface area contributed by atoms with Gasteiger partial charge in [-0.1, -0.05) is 48.5 Å². The minimum atomic E-state index is -0.542. The largest absolute Gasteiger partial charge is 0.375 e. The number of nitrogens with one attached hydrogen (secondary N) is 1. The van der Waals surface area contributed by atoms with E-state index in [2.05, 4.69) is 84.4 Å². The Morgan fingerprint density at radius 2 is 1.61 bits per heavy atom. The van der Waals surface area contributed by atoms with Crippen molar-refractivity contribution in [1.82, 2.24) is 10.2 Å². The minimum absolute atomic E-state index is 0.118. The lowest BCUT2D eigenvalue weighted by Gasteiger charge is -2.37. The van der Waals surface area contributed by atoms with Gasteiger partial charge in [0.05, 0.1) is 0 Å². The van der Waals surface area contributed by atoms with Gasteiger partial charge in [-0.05, 0) is 50.1 Å². The summed E-state index contributed by atoms with van der Waals surface area (Å²) in [5.74, 6) is 0. The highest BCUT2D eigenvalue weighted by Gasteiger charge is 2.20. The van der Waals surface area contributed by atoms with Gasteiger partial charge in [-0.3, -0.25) is 4.90 Å². The second-order valence-electron chi connectivity index (χ2n) is 8.48. The van der Waals surface area contributed by atoms with Gasteiger partial charge in [-0.2, -0.15) is 0 Å². The topological polar surface area (TPSA) is 38.7 Å². The summed E-state index contributed by atoms with van der Waals surface area (Å²) in [4.78, 5) is 4.49. The van der Waals surface area contributed by atoms with Gasteiger partial charge in [-0.25, -0.2) is 0 Å². The lowest BCUT2D eigenvalue weighted by molar-refractivity contribution is 0.0384. The number of hydrogen-bond donors (Lipinski definition) is 2. The summed E-state index contributed by atoms with van der Waals surface area (Å²) in [7, 11) is 0. The zero-order chi connectivity index (χ0) is 20.0. The van der Waals surface area contributed by atoms with Crippen molar-refractivity contribution in [3.05, 3.63) is 71.8 Å². The third kappa shape index (κ3) is 6.20. The molecule has 1 heterocycles.